The molecule has 0 spiro atoms. The average molecular weight is 179 g/mol. The molecule has 0 fully saturated rings. The molecule has 1 heterocycles. The van der Waals surface area contributed by atoms with Gasteiger partial charge < -0.3 is 10.1 Å². The average Bonchev–Trinajstić information content (AvgIpc) is 2.08. The molecular formula is C9H11N2O2. The third-order valence-corrected chi connectivity index (χ3v) is 1.32. The molecule has 0 aliphatic rings. The predicted octanol–water partition coefficient (Wildman–Crippen LogP) is 1.24. The first kappa shape index (κ1) is 9.51. The highest BCUT2D eigenvalue weighted by Gasteiger charge is 2.03. The van der Waals surface area contributed by atoms with Gasteiger partial charge in [0.15, 0.2) is 0 Å². The molecule has 0 saturated carbocycles. The molecule has 69 valence electrons. The van der Waals surface area contributed by atoms with E-state index >= 15 is 0 Å². The zero-order valence-electron chi connectivity index (χ0n) is 7.63. The van der Waals surface area contributed by atoms with Gasteiger partial charge in [-0.15, -0.1) is 0 Å². The van der Waals surface area contributed by atoms with Crippen LogP contribution < -0.4 is 10.1 Å². The Morgan fingerprint density at radius 3 is 3.15 bits per heavy atom. The smallest absolute Gasteiger partial charge is 0.221 e. The molecule has 4 nitrogen and oxygen atoms in total. The van der Waals surface area contributed by atoms with E-state index in [1.54, 1.807) is 12.3 Å². The van der Waals surface area contributed by atoms with E-state index in [1.807, 2.05) is 6.92 Å². The lowest BCUT2D eigenvalue weighted by Gasteiger charge is -2.08. The summed E-state index contributed by atoms with van der Waals surface area (Å²) in [5.74, 6) is 0.429. The molecule has 0 unspecified atom stereocenters. The normalized spacial score (nSPS) is 9.38. The van der Waals surface area contributed by atoms with Crippen LogP contribution in [0, 0.1) is 6.20 Å². The number of pyridine rings is 1. The lowest BCUT2D eigenvalue weighted by molar-refractivity contribution is -0.114. The maximum absolute atomic E-state index is 10.8. The Hall–Kier alpha value is -1.58. The Labute approximate surface area is 76.9 Å². The van der Waals surface area contributed by atoms with E-state index in [0.29, 0.717) is 18.0 Å². The van der Waals surface area contributed by atoms with Gasteiger partial charge in [0.1, 0.15) is 17.6 Å². The van der Waals surface area contributed by atoms with Gasteiger partial charge in [-0.25, -0.2) is 0 Å². The van der Waals surface area contributed by atoms with Crippen molar-refractivity contribution in [1.29, 1.82) is 0 Å². The van der Waals surface area contributed by atoms with Crippen LogP contribution in [0.1, 0.15) is 13.8 Å². The molecule has 1 amide bonds. The van der Waals surface area contributed by atoms with Crippen LogP contribution in [-0.2, 0) is 4.79 Å². The number of nitrogens with zero attached hydrogens (tertiary/aromatic N) is 1. The van der Waals surface area contributed by atoms with E-state index in [-0.39, 0.29) is 5.91 Å². The Bertz CT molecular complexity index is 299. The van der Waals surface area contributed by atoms with Crippen molar-refractivity contribution in [3.05, 3.63) is 18.5 Å². The third-order valence-electron chi connectivity index (χ3n) is 1.32. The molecule has 13 heavy (non-hydrogen) atoms. The molecule has 0 aromatic carbocycles. The summed E-state index contributed by atoms with van der Waals surface area (Å²) in [7, 11) is 0. The number of aromatic nitrogens is 1. The van der Waals surface area contributed by atoms with Crippen LogP contribution in [-0.4, -0.2) is 17.5 Å². The van der Waals surface area contributed by atoms with Gasteiger partial charge >= 0.3 is 0 Å². The molecule has 0 saturated heterocycles. The Morgan fingerprint density at radius 2 is 2.54 bits per heavy atom. The first-order valence-electron chi connectivity index (χ1n) is 4.01. The fourth-order valence-electron chi connectivity index (χ4n) is 0.887. The monoisotopic (exact) mass is 179 g/mol. The molecule has 4 heteroatoms. The zero-order valence-corrected chi connectivity index (χ0v) is 7.63. The number of nitrogens with one attached hydrogen (secondary N) is 1. The van der Waals surface area contributed by atoms with Gasteiger partial charge in [-0.3, -0.25) is 9.78 Å². The van der Waals surface area contributed by atoms with Gasteiger partial charge in [-0.1, -0.05) is 0 Å². The van der Waals surface area contributed by atoms with Crippen LogP contribution >= 0.6 is 0 Å². The fourth-order valence-corrected chi connectivity index (χ4v) is 0.887. The number of anilines is 1. The van der Waals surface area contributed by atoms with E-state index in [0.717, 1.165) is 0 Å². The molecule has 0 aliphatic heterocycles. The molecule has 1 aromatic heterocycles. The lowest BCUT2D eigenvalue weighted by Crippen LogP contribution is -2.08. The third kappa shape index (κ3) is 2.74. The second-order valence-corrected chi connectivity index (χ2v) is 2.41. The van der Waals surface area contributed by atoms with Crippen LogP contribution in [0.25, 0.3) is 0 Å². The SMILES string of the molecule is CCOc1ccn[c]c1NC(C)=O. The highest BCUT2D eigenvalue weighted by atomic mass is 16.5. The molecule has 0 atom stereocenters. The maximum Gasteiger partial charge on any atom is 0.221 e. The van der Waals surface area contributed by atoms with Crippen molar-refractivity contribution < 1.29 is 9.53 Å². The van der Waals surface area contributed by atoms with E-state index in [1.165, 1.54) is 6.92 Å². The standard InChI is InChI=1S/C9H11N2O2/c1-3-13-9-4-5-10-6-8(9)11-7(2)12/h4-5H,3H2,1-2H3,(H,11,12). The fraction of sp³-hybridized carbons (Fsp3) is 0.333. The lowest BCUT2D eigenvalue weighted by atomic mass is 10.4. The van der Waals surface area contributed by atoms with Crippen molar-refractivity contribution in [3.63, 3.8) is 0 Å². The van der Waals surface area contributed by atoms with E-state index < -0.39 is 0 Å². The Balaban J connectivity index is 2.84. The number of rotatable bonds is 3. The largest absolute Gasteiger partial charge is 0.492 e. The van der Waals surface area contributed by atoms with E-state index in [9.17, 15) is 4.79 Å². The molecule has 1 radical (unpaired) electrons. The van der Waals surface area contributed by atoms with Gasteiger partial charge in [0.05, 0.1) is 6.61 Å². The van der Waals surface area contributed by atoms with E-state index in [4.69, 9.17) is 4.74 Å². The second kappa shape index (κ2) is 4.45. The number of carbonyl (C=O) groups excluding carboxylic acids is 1. The molecule has 0 aliphatic carbocycles. The molecule has 0 bridgehead atoms. The van der Waals surface area contributed by atoms with Crippen molar-refractivity contribution in [2.75, 3.05) is 11.9 Å². The summed E-state index contributed by atoms with van der Waals surface area (Å²) in [6.07, 6.45) is 4.21. The van der Waals surface area contributed by atoms with Crippen molar-refractivity contribution in [2.24, 2.45) is 0 Å². The first-order valence-corrected chi connectivity index (χ1v) is 4.01. The summed E-state index contributed by atoms with van der Waals surface area (Å²) in [5.41, 5.74) is 0.483. The van der Waals surface area contributed by atoms with Gasteiger partial charge in [-0.2, -0.15) is 0 Å². The van der Waals surface area contributed by atoms with Gasteiger partial charge in [0.25, 0.3) is 0 Å². The zero-order chi connectivity index (χ0) is 9.68. The molecule has 1 N–H and O–H groups in total. The summed E-state index contributed by atoms with van der Waals surface area (Å²) in [6, 6.07) is 1.69. The van der Waals surface area contributed by atoms with Crippen molar-refractivity contribution in [2.45, 2.75) is 13.8 Å². The summed E-state index contributed by atoms with van der Waals surface area (Å²) in [6.45, 7) is 3.85. The summed E-state index contributed by atoms with van der Waals surface area (Å²) in [5, 5.41) is 2.58. The highest BCUT2D eigenvalue weighted by molar-refractivity contribution is 5.89. The minimum atomic E-state index is -0.162. The van der Waals surface area contributed by atoms with Crippen LogP contribution in [0.4, 0.5) is 5.69 Å². The van der Waals surface area contributed by atoms with Crippen LogP contribution in [0.3, 0.4) is 0 Å². The highest BCUT2D eigenvalue weighted by Crippen LogP contribution is 2.21. The van der Waals surface area contributed by atoms with E-state index in [2.05, 4.69) is 16.5 Å². The summed E-state index contributed by atoms with van der Waals surface area (Å²) < 4.78 is 5.25. The van der Waals surface area contributed by atoms with Crippen LogP contribution in [0.5, 0.6) is 5.75 Å². The summed E-state index contributed by atoms with van der Waals surface area (Å²) in [4.78, 5) is 14.5. The number of hydrogen-bond acceptors (Lipinski definition) is 3. The minimum absolute atomic E-state index is 0.162. The van der Waals surface area contributed by atoms with Crippen molar-refractivity contribution >= 4 is 11.6 Å². The van der Waals surface area contributed by atoms with Gasteiger partial charge in [0, 0.05) is 19.2 Å². The van der Waals surface area contributed by atoms with Crippen molar-refractivity contribution in [3.8, 4) is 5.75 Å². The van der Waals surface area contributed by atoms with Gasteiger partial charge in [0.2, 0.25) is 5.91 Å². The Kier molecular flexibility index (Phi) is 3.25. The number of ether oxygens (including phenoxy) is 1. The van der Waals surface area contributed by atoms with Crippen LogP contribution in [0.15, 0.2) is 12.3 Å². The predicted molar refractivity (Wildman–Crippen MR) is 48.5 cm³/mol. The minimum Gasteiger partial charge on any atom is -0.492 e. The summed E-state index contributed by atoms with van der Waals surface area (Å²) >= 11 is 0. The molecular weight excluding hydrogens is 168 g/mol. The number of amides is 1. The molecule has 1 rings (SSSR count). The Morgan fingerprint density at radius 1 is 1.77 bits per heavy atom. The maximum atomic E-state index is 10.8. The topological polar surface area (TPSA) is 51.2 Å². The van der Waals surface area contributed by atoms with Gasteiger partial charge in [-0.05, 0) is 6.92 Å². The van der Waals surface area contributed by atoms with Crippen molar-refractivity contribution in [1.82, 2.24) is 4.98 Å². The number of carbonyl (C=O) groups is 1. The number of hydrogen-bond donors (Lipinski definition) is 1. The van der Waals surface area contributed by atoms with Crippen LogP contribution in [0.2, 0.25) is 0 Å². The first-order chi connectivity index (χ1) is 6.24. The quantitative estimate of drug-likeness (QED) is 0.759. The molecule has 1 aromatic rings. The second-order valence-electron chi connectivity index (χ2n) is 2.41.